The summed E-state index contributed by atoms with van der Waals surface area (Å²) in [6, 6.07) is 20.5. The number of amides is 4. The van der Waals surface area contributed by atoms with Crippen LogP contribution in [0.1, 0.15) is 12.8 Å². The first-order valence-electron chi connectivity index (χ1n) is 15.6. The molecule has 45 heavy (non-hydrogen) atoms. The normalized spacial score (nSPS) is 33.4. The fourth-order valence-corrected chi connectivity index (χ4v) is 11.9. The minimum atomic E-state index is -3.69. The zero-order chi connectivity index (χ0) is 30.8. The number of benzene rings is 3. The molecule has 224 valence electrons. The number of carbonyl (C=O) groups is 4. The lowest BCUT2D eigenvalue weighted by atomic mass is 9.85. The number of allylic oxidation sites excluding steroid dienone is 4. The van der Waals surface area contributed by atoms with Gasteiger partial charge in [0.05, 0.1) is 35.0 Å². The van der Waals surface area contributed by atoms with E-state index in [-0.39, 0.29) is 71.0 Å². The van der Waals surface area contributed by atoms with Crippen LogP contribution in [0.3, 0.4) is 0 Å². The van der Waals surface area contributed by atoms with Crippen LogP contribution >= 0.6 is 7.14 Å². The van der Waals surface area contributed by atoms with E-state index in [1.165, 1.54) is 9.80 Å². The van der Waals surface area contributed by atoms with Gasteiger partial charge in [0.1, 0.15) is 0 Å². The van der Waals surface area contributed by atoms with Crippen LogP contribution < -0.4 is 31.4 Å². The van der Waals surface area contributed by atoms with Gasteiger partial charge < -0.3 is 10.3 Å². The van der Waals surface area contributed by atoms with Crippen molar-refractivity contribution in [1.82, 2.24) is 0 Å². The smallest absolute Gasteiger partial charge is 0.238 e. The summed E-state index contributed by atoms with van der Waals surface area (Å²) in [5.74, 6) is -1.94. The van der Waals surface area contributed by atoms with Crippen molar-refractivity contribution in [1.29, 1.82) is 0 Å². The zero-order valence-corrected chi connectivity index (χ0v) is 25.1. The van der Waals surface area contributed by atoms with Crippen LogP contribution in [0.2, 0.25) is 0 Å². The Morgan fingerprint density at radius 3 is 1.27 bits per heavy atom. The predicted molar refractivity (Wildman–Crippen MR) is 171 cm³/mol. The van der Waals surface area contributed by atoms with Gasteiger partial charge in [-0.25, -0.2) is 9.80 Å². The Hall–Kier alpha value is -4.55. The number of anilines is 3. The zero-order valence-electron chi connectivity index (χ0n) is 24.2. The van der Waals surface area contributed by atoms with Crippen molar-refractivity contribution < 1.29 is 23.7 Å². The highest BCUT2D eigenvalue weighted by Gasteiger charge is 2.61. The summed E-state index contributed by atoms with van der Waals surface area (Å²) in [6.45, 7) is 0. The van der Waals surface area contributed by atoms with Gasteiger partial charge in [-0.3, -0.25) is 19.2 Å². The Morgan fingerprint density at radius 1 is 0.533 bits per heavy atom. The minimum Gasteiger partial charge on any atom is -0.399 e. The molecule has 2 saturated carbocycles. The first-order valence-corrected chi connectivity index (χ1v) is 17.3. The molecule has 0 radical (unpaired) electrons. The number of nitrogens with two attached hydrogens (primary N) is 1. The van der Waals surface area contributed by atoms with Crippen LogP contribution in [-0.2, 0) is 23.7 Å². The molecule has 2 aliphatic heterocycles. The second-order valence-electron chi connectivity index (χ2n) is 13.3. The lowest BCUT2D eigenvalue weighted by Crippen LogP contribution is -2.35. The Labute approximate surface area is 259 Å². The van der Waals surface area contributed by atoms with Crippen molar-refractivity contribution in [3.05, 3.63) is 97.1 Å². The second-order valence-corrected chi connectivity index (χ2v) is 16.0. The number of hydrogen-bond donors (Lipinski definition) is 1. The van der Waals surface area contributed by atoms with Crippen molar-refractivity contribution in [2.45, 2.75) is 12.8 Å². The van der Waals surface area contributed by atoms with Gasteiger partial charge in [-0.1, -0.05) is 60.7 Å². The highest BCUT2D eigenvalue weighted by Crippen LogP contribution is 2.55. The summed E-state index contributed by atoms with van der Waals surface area (Å²) in [5, 5.41) is 1.30. The number of imide groups is 2. The molecular weight excluding hydrogens is 585 g/mol. The fourth-order valence-electron chi connectivity index (χ4n) is 9.14. The van der Waals surface area contributed by atoms with Gasteiger partial charge in [0, 0.05) is 21.6 Å². The molecule has 4 aliphatic carbocycles. The van der Waals surface area contributed by atoms with Crippen LogP contribution in [0.25, 0.3) is 0 Å². The van der Waals surface area contributed by atoms with Gasteiger partial charge in [-0.05, 0) is 72.9 Å². The minimum absolute atomic E-state index is 0.0762. The number of nitrogens with zero attached hydrogens (tertiary/aromatic N) is 2. The molecule has 3 aromatic rings. The Kier molecular flexibility index (Phi) is 5.51. The maximum Gasteiger partial charge on any atom is 0.238 e. The standard InChI is InChI=1S/C36H30N3O5P/c37-23-4-1-7-26(16-23)45(44,27-8-2-5-24(17-27)38-33(40)29-19-10-11-20(14-19)30(29)34(38)41)28-9-3-6-25(18-28)39-35(42)31-21-12-13-22(15-21)32(31)36(39)43/h1-13,16-22,29-32H,14-15,37H2. The number of nitrogen functional groups attached to an aromatic ring is 1. The average Bonchev–Trinajstić information content (AvgIpc) is 3.90. The van der Waals surface area contributed by atoms with Crippen molar-refractivity contribution in [2.75, 3.05) is 15.5 Å². The number of carbonyl (C=O) groups excluding carboxylic acids is 4. The summed E-state index contributed by atoms with van der Waals surface area (Å²) in [7, 11) is -3.69. The van der Waals surface area contributed by atoms with Crippen molar-refractivity contribution in [3.8, 4) is 0 Å². The van der Waals surface area contributed by atoms with Gasteiger partial charge >= 0.3 is 0 Å². The van der Waals surface area contributed by atoms with E-state index in [0.717, 1.165) is 12.8 Å². The summed E-state index contributed by atoms with van der Waals surface area (Å²) in [6.07, 6.45) is 9.90. The molecule has 2 saturated heterocycles. The van der Waals surface area contributed by atoms with Crippen LogP contribution in [0.5, 0.6) is 0 Å². The molecule has 2 heterocycles. The van der Waals surface area contributed by atoms with Crippen molar-refractivity contribution >= 4 is 63.7 Å². The lowest BCUT2D eigenvalue weighted by Gasteiger charge is -2.24. The molecule has 8 unspecified atom stereocenters. The molecule has 4 fully saturated rings. The average molecular weight is 616 g/mol. The second kappa shape index (κ2) is 9.24. The first kappa shape index (κ1) is 26.8. The molecule has 9 heteroatoms. The van der Waals surface area contributed by atoms with Gasteiger partial charge in [0.25, 0.3) is 0 Å². The van der Waals surface area contributed by atoms with E-state index in [1.54, 1.807) is 72.8 Å². The van der Waals surface area contributed by atoms with E-state index in [9.17, 15) is 19.2 Å². The molecule has 9 rings (SSSR count). The Balaban J connectivity index is 1.14. The third-order valence-corrected chi connectivity index (χ3v) is 14.1. The molecule has 0 aromatic heterocycles. The van der Waals surface area contributed by atoms with Gasteiger partial charge in [0.2, 0.25) is 23.6 Å². The highest BCUT2D eigenvalue weighted by atomic mass is 31.2. The quantitative estimate of drug-likeness (QED) is 0.203. The van der Waals surface area contributed by atoms with E-state index in [0.29, 0.717) is 33.0 Å². The fraction of sp³-hybridized carbons (Fsp3) is 0.278. The molecular formula is C36H30N3O5P. The van der Waals surface area contributed by atoms with E-state index < -0.39 is 7.14 Å². The molecule has 2 N–H and O–H groups in total. The first-order chi connectivity index (χ1) is 21.8. The van der Waals surface area contributed by atoms with Crippen LogP contribution in [0, 0.1) is 47.3 Å². The Bertz CT molecular complexity index is 1810. The molecule has 8 nitrogen and oxygen atoms in total. The van der Waals surface area contributed by atoms with Gasteiger partial charge in [0.15, 0.2) is 7.14 Å². The monoisotopic (exact) mass is 615 g/mol. The van der Waals surface area contributed by atoms with Crippen LogP contribution in [0.4, 0.5) is 17.1 Å². The SMILES string of the molecule is Nc1cccc(P(=O)(c2cccc(N3C(=O)C4C5C=CC(C5)C4C3=O)c2)c2cccc(N3C(=O)C4C5C=CC(C5)C4C3=O)c2)c1. The summed E-state index contributed by atoms with van der Waals surface area (Å²) in [4.78, 5) is 57.1. The van der Waals surface area contributed by atoms with Crippen molar-refractivity contribution in [3.63, 3.8) is 0 Å². The third kappa shape index (κ3) is 3.52. The highest BCUT2D eigenvalue weighted by molar-refractivity contribution is 7.85. The molecule has 4 bridgehead atoms. The largest absolute Gasteiger partial charge is 0.399 e. The summed E-state index contributed by atoms with van der Waals surface area (Å²) in [5.41, 5.74) is 7.39. The van der Waals surface area contributed by atoms with E-state index in [1.807, 2.05) is 0 Å². The maximum absolute atomic E-state index is 15.6. The maximum atomic E-state index is 15.6. The van der Waals surface area contributed by atoms with Gasteiger partial charge in [-0.15, -0.1) is 0 Å². The van der Waals surface area contributed by atoms with Crippen LogP contribution in [-0.4, -0.2) is 23.6 Å². The summed E-state index contributed by atoms with van der Waals surface area (Å²) >= 11 is 0. The number of hydrogen-bond acceptors (Lipinski definition) is 6. The molecule has 4 amide bonds. The predicted octanol–water partition coefficient (Wildman–Crippen LogP) is 3.53. The third-order valence-electron chi connectivity index (χ3n) is 11.1. The lowest BCUT2D eigenvalue weighted by molar-refractivity contribution is -0.124. The van der Waals surface area contributed by atoms with Crippen LogP contribution in [0.15, 0.2) is 97.1 Å². The topological polar surface area (TPSA) is 118 Å². The van der Waals surface area contributed by atoms with Crippen molar-refractivity contribution in [2.24, 2.45) is 47.3 Å². The van der Waals surface area contributed by atoms with E-state index >= 15 is 4.57 Å². The van der Waals surface area contributed by atoms with Gasteiger partial charge in [-0.2, -0.15) is 0 Å². The van der Waals surface area contributed by atoms with E-state index in [2.05, 4.69) is 24.3 Å². The molecule has 6 aliphatic rings. The molecule has 8 atom stereocenters. The Morgan fingerprint density at radius 2 is 0.889 bits per heavy atom. The number of fused-ring (bicyclic) bond motifs is 10. The molecule has 0 spiro atoms. The number of rotatable bonds is 5. The summed E-state index contributed by atoms with van der Waals surface area (Å²) < 4.78 is 15.6. The molecule has 3 aromatic carbocycles. The van der Waals surface area contributed by atoms with E-state index in [4.69, 9.17) is 5.73 Å².